The van der Waals surface area contributed by atoms with Gasteiger partial charge in [0.15, 0.2) is 0 Å². The molecule has 39 heavy (non-hydrogen) atoms. The van der Waals surface area contributed by atoms with Gasteiger partial charge < -0.3 is 20.9 Å². The number of nitrogens with one attached hydrogen (secondary N) is 4. The second-order valence-corrected chi connectivity index (χ2v) is 11.8. The molecule has 1 fully saturated rings. The zero-order chi connectivity index (χ0) is 27.4. The van der Waals surface area contributed by atoms with E-state index >= 15 is 0 Å². The highest BCUT2D eigenvalue weighted by Crippen LogP contribution is 2.37. The van der Waals surface area contributed by atoms with Crippen LogP contribution in [0, 0.1) is 0 Å². The van der Waals surface area contributed by atoms with Crippen molar-refractivity contribution in [1.29, 1.82) is 0 Å². The number of anilines is 4. The van der Waals surface area contributed by atoms with Crippen molar-refractivity contribution < 1.29 is 18.0 Å². The minimum Gasteiger partial charge on any atom is -0.353 e. The largest absolute Gasteiger partial charge is 0.353 e. The van der Waals surface area contributed by atoms with Gasteiger partial charge in [0, 0.05) is 17.7 Å². The Morgan fingerprint density at radius 3 is 2.49 bits per heavy atom. The number of carbonyl (C=O) groups excluding carboxylic acids is 2. The summed E-state index contributed by atoms with van der Waals surface area (Å²) in [4.78, 5) is 28.3. The lowest BCUT2D eigenvalue weighted by Gasteiger charge is -2.14. The van der Waals surface area contributed by atoms with Crippen molar-refractivity contribution in [2.75, 3.05) is 47.8 Å². The number of likely N-dealkylation sites (tertiary alicyclic amines) is 1. The van der Waals surface area contributed by atoms with Gasteiger partial charge in [0.05, 0.1) is 34.6 Å². The van der Waals surface area contributed by atoms with Gasteiger partial charge >= 0.3 is 0 Å². The Morgan fingerprint density at radius 1 is 0.897 bits per heavy atom. The highest BCUT2D eigenvalue weighted by Gasteiger charge is 2.21. The van der Waals surface area contributed by atoms with Crippen LogP contribution in [0.3, 0.4) is 0 Å². The summed E-state index contributed by atoms with van der Waals surface area (Å²) >= 11 is 0. The fourth-order valence-corrected chi connectivity index (χ4v) is 5.62. The van der Waals surface area contributed by atoms with E-state index in [1.807, 2.05) is 18.2 Å². The summed E-state index contributed by atoms with van der Waals surface area (Å²) in [7, 11) is -3.47. The number of sulfonamides is 1. The third-order valence-electron chi connectivity index (χ3n) is 6.98. The number of benzene rings is 3. The zero-order valence-electron chi connectivity index (χ0n) is 21.9. The van der Waals surface area contributed by atoms with E-state index in [9.17, 15) is 18.0 Å². The molecule has 0 radical (unpaired) electrons. The fraction of sp³-hybridized carbons (Fsp3) is 0.310. The lowest BCUT2D eigenvalue weighted by molar-refractivity contribution is 0.0951. The van der Waals surface area contributed by atoms with Gasteiger partial charge in [-0.1, -0.05) is 24.3 Å². The van der Waals surface area contributed by atoms with Gasteiger partial charge in [-0.05, 0) is 87.3 Å². The molecule has 0 saturated carbocycles. The molecule has 10 heteroatoms. The monoisotopic (exact) mass is 547 g/mol. The van der Waals surface area contributed by atoms with Crippen LogP contribution in [0.1, 0.15) is 46.4 Å². The number of fused-ring (bicyclic) bond motifs is 2. The van der Waals surface area contributed by atoms with Crippen molar-refractivity contribution in [3.63, 3.8) is 0 Å². The SMILES string of the molecule is CS(=O)(=O)Nc1ccccc1-c1ccc2c(c1)Nc1ccc(C(=O)NCCCCN3CCCC3)cc1NC2=O. The van der Waals surface area contributed by atoms with E-state index in [4.69, 9.17) is 0 Å². The third kappa shape index (κ3) is 6.58. The number of unbranched alkanes of at least 4 members (excludes halogenated alkanes) is 1. The van der Waals surface area contributed by atoms with Crippen LogP contribution in [0.5, 0.6) is 0 Å². The van der Waals surface area contributed by atoms with Gasteiger partial charge in [0.25, 0.3) is 11.8 Å². The molecule has 0 aliphatic carbocycles. The van der Waals surface area contributed by atoms with E-state index in [0.717, 1.165) is 31.2 Å². The van der Waals surface area contributed by atoms with E-state index in [1.165, 1.54) is 25.9 Å². The Kier molecular flexibility index (Phi) is 7.85. The molecule has 2 aliphatic rings. The highest BCUT2D eigenvalue weighted by molar-refractivity contribution is 7.92. The summed E-state index contributed by atoms with van der Waals surface area (Å²) in [6.45, 7) is 4.05. The third-order valence-corrected chi connectivity index (χ3v) is 7.57. The Bertz CT molecular complexity index is 1500. The Labute approximate surface area is 229 Å². The zero-order valence-corrected chi connectivity index (χ0v) is 22.7. The Balaban J connectivity index is 1.29. The van der Waals surface area contributed by atoms with Crippen molar-refractivity contribution in [2.24, 2.45) is 0 Å². The lowest BCUT2D eigenvalue weighted by Crippen LogP contribution is -2.26. The second kappa shape index (κ2) is 11.5. The van der Waals surface area contributed by atoms with Crippen LogP contribution >= 0.6 is 0 Å². The van der Waals surface area contributed by atoms with Gasteiger partial charge in [-0.15, -0.1) is 0 Å². The van der Waals surface area contributed by atoms with Crippen LogP contribution in [0.2, 0.25) is 0 Å². The fourth-order valence-electron chi connectivity index (χ4n) is 5.04. The molecule has 204 valence electrons. The maximum absolute atomic E-state index is 13.1. The van der Waals surface area contributed by atoms with Crippen molar-refractivity contribution in [2.45, 2.75) is 25.7 Å². The van der Waals surface area contributed by atoms with Crippen LogP contribution in [-0.2, 0) is 10.0 Å². The predicted octanol–water partition coefficient (Wildman–Crippen LogP) is 4.64. The molecule has 0 atom stereocenters. The second-order valence-electron chi connectivity index (χ2n) is 10.0. The predicted molar refractivity (Wildman–Crippen MR) is 155 cm³/mol. The van der Waals surface area contributed by atoms with Crippen molar-refractivity contribution >= 4 is 44.6 Å². The number of rotatable bonds is 9. The molecule has 2 heterocycles. The molecule has 1 saturated heterocycles. The molecular formula is C29H33N5O4S. The molecule has 0 aromatic heterocycles. The van der Waals surface area contributed by atoms with Gasteiger partial charge in [-0.3, -0.25) is 14.3 Å². The number of hydrogen-bond donors (Lipinski definition) is 4. The average molecular weight is 548 g/mol. The maximum atomic E-state index is 13.1. The molecule has 2 amide bonds. The van der Waals surface area contributed by atoms with Crippen LogP contribution < -0.4 is 20.7 Å². The molecule has 5 rings (SSSR count). The first-order valence-corrected chi connectivity index (χ1v) is 15.1. The first kappa shape index (κ1) is 26.7. The van der Waals surface area contributed by atoms with Crippen LogP contribution in [0.4, 0.5) is 22.7 Å². The molecule has 0 unspecified atom stereocenters. The van der Waals surface area contributed by atoms with E-state index in [2.05, 4.69) is 25.6 Å². The van der Waals surface area contributed by atoms with Crippen molar-refractivity contribution in [3.8, 4) is 11.1 Å². The van der Waals surface area contributed by atoms with Crippen molar-refractivity contribution in [3.05, 3.63) is 71.8 Å². The normalized spacial score (nSPS) is 14.9. The standard InChI is InChI=1S/C29H33N5O4S/c1-39(37,38)33-24-9-3-2-8-22(24)20-10-12-23-26(18-20)31-25-13-11-21(19-27(25)32-29(23)36)28(35)30-14-4-5-15-34-16-6-7-17-34/h2-3,8-13,18-19,31,33H,4-7,14-17H2,1H3,(H,30,35)(H,32,36). The Morgan fingerprint density at radius 2 is 1.69 bits per heavy atom. The summed E-state index contributed by atoms with van der Waals surface area (Å²) in [5.74, 6) is -0.475. The number of hydrogen-bond acceptors (Lipinski definition) is 6. The first-order chi connectivity index (χ1) is 18.8. The van der Waals surface area contributed by atoms with E-state index in [0.29, 0.717) is 46.0 Å². The molecular weight excluding hydrogens is 514 g/mol. The number of para-hydroxylation sites is 1. The first-order valence-electron chi connectivity index (χ1n) is 13.2. The summed E-state index contributed by atoms with van der Waals surface area (Å²) in [5, 5.41) is 9.19. The van der Waals surface area contributed by atoms with E-state index in [-0.39, 0.29) is 11.8 Å². The molecule has 0 bridgehead atoms. The number of carbonyl (C=O) groups is 2. The van der Waals surface area contributed by atoms with Gasteiger partial charge in [-0.25, -0.2) is 8.42 Å². The Hall–Kier alpha value is -3.89. The van der Waals surface area contributed by atoms with Crippen LogP contribution in [-0.4, -0.2) is 57.6 Å². The number of amides is 2. The topological polar surface area (TPSA) is 120 Å². The molecule has 0 spiro atoms. The summed E-state index contributed by atoms with van der Waals surface area (Å²) in [5.41, 5.74) is 4.53. The summed E-state index contributed by atoms with van der Waals surface area (Å²) in [6.07, 6.45) is 5.65. The molecule has 3 aromatic rings. The highest BCUT2D eigenvalue weighted by atomic mass is 32.2. The summed E-state index contributed by atoms with van der Waals surface area (Å²) in [6, 6.07) is 17.6. The molecule has 9 nitrogen and oxygen atoms in total. The quantitative estimate of drug-likeness (QED) is 0.290. The van der Waals surface area contributed by atoms with Crippen LogP contribution in [0.25, 0.3) is 11.1 Å². The van der Waals surface area contributed by atoms with E-state index in [1.54, 1.807) is 42.5 Å². The molecule has 3 aromatic carbocycles. The minimum atomic E-state index is -3.47. The lowest BCUT2D eigenvalue weighted by atomic mass is 10.0. The number of nitrogens with zero attached hydrogens (tertiary/aromatic N) is 1. The van der Waals surface area contributed by atoms with Crippen LogP contribution in [0.15, 0.2) is 60.7 Å². The van der Waals surface area contributed by atoms with Crippen molar-refractivity contribution in [1.82, 2.24) is 10.2 Å². The maximum Gasteiger partial charge on any atom is 0.257 e. The van der Waals surface area contributed by atoms with Gasteiger partial charge in [0.2, 0.25) is 10.0 Å². The van der Waals surface area contributed by atoms with Gasteiger partial charge in [0.1, 0.15) is 0 Å². The van der Waals surface area contributed by atoms with E-state index < -0.39 is 10.0 Å². The van der Waals surface area contributed by atoms with Gasteiger partial charge in [-0.2, -0.15) is 0 Å². The molecule has 2 aliphatic heterocycles. The molecule has 4 N–H and O–H groups in total. The minimum absolute atomic E-state index is 0.174. The summed E-state index contributed by atoms with van der Waals surface area (Å²) < 4.78 is 26.2. The smallest absolute Gasteiger partial charge is 0.257 e. The average Bonchev–Trinajstić information content (AvgIpc) is 3.37.